The molecular formula is C13H16N2S. The van der Waals surface area contributed by atoms with Crippen LogP contribution in [0.15, 0.2) is 24.4 Å². The van der Waals surface area contributed by atoms with Gasteiger partial charge in [-0.2, -0.15) is 0 Å². The third kappa shape index (κ3) is 2.25. The Morgan fingerprint density at radius 2 is 2.06 bits per heavy atom. The Morgan fingerprint density at radius 3 is 2.75 bits per heavy atom. The lowest BCUT2D eigenvalue weighted by atomic mass is 10.1. The van der Waals surface area contributed by atoms with Crippen molar-refractivity contribution in [3.05, 3.63) is 35.5 Å². The maximum atomic E-state index is 4.34. The maximum Gasteiger partial charge on any atom is 0.183 e. The average Bonchev–Trinajstić information content (AvgIpc) is 2.71. The van der Waals surface area contributed by atoms with Crippen LogP contribution in [0.4, 0.5) is 5.13 Å². The van der Waals surface area contributed by atoms with Crippen molar-refractivity contribution in [2.45, 2.75) is 20.8 Å². The second-order valence-electron chi connectivity index (χ2n) is 3.86. The second-order valence-corrected chi connectivity index (χ2v) is 4.89. The summed E-state index contributed by atoms with van der Waals surface area (Å²) < 4.78 is 0. The van der Waals surface area contributed by atoms with Gasteiger partial charge in [-0.1, -0.05) is 29.5 Å². The van der Waals surface area contributed by atoms with E-state index in [0.29, 0.717) is 0 Å². The predicted molar refractivity (Wildman–Crippen MR) is 71.2 cm³/mol. The Labute approximate surface area is 100 Å². The van der Waals surface area contributed by atoms with Crippen LogP contribution in [-0.4, -0.2) is 11.5 Å². The summed E-state index contributed by atoms with van der Waals surface area (Å²) in [6.45, 7) is 7.28. The molecule has 2 rings (SSSR count). The Morgan fingerprint density at radius 1 is 1.25 bits per heavy atom. The maximum absolute atomic E-state index is 4.34. The van der Waals surface area contributed by atoms with Gasteiger partial charge in [0.1, 0.15) is 0 Å². The molecule has 16 heavy (non-hydrogen) atoms. The Bertz CT molecular complexity index is 488. The molecule has 1 aromatic carbocycles. The zero-order valence-corrected chi connectivity index (χ0v) is 10.7. The standard InChI is InChI=1S/C13H16N2S/c1-4-14-13-15-8-12(16-13)11-6-5-9(2)10(3)7-11/h5-8H,4H2,1-3H3,(H,14,15). The van der Waals surface area contributed by atoms with Crippen LogP contribution in [-0.2, 0) is 0 Å². The van der Waals surface area contributed by atoms with E-state index in [1.54, 1.807) is 11.3 Å². The summed E-state index contributed by atoms with van der Waals surface area (Å²) in [5, 5.41) is 4.23. The summed E-state index contributed by atoms with van der Waals surface area (Å²) in [4.78, 5) is 5.56. The van der Waals surface area contributed by atoms with E-state index in [-0.39, 0.29) is 0 Å². The number of aryl methyl sites for hydroxylation is 2. The highest BCUT2D eigenvalue weighted by molar-refractivity contribution is 7.18. The number of benzene rings is 1. The van der Waals surface area contributed by atoms with E-state index in [0.717, 1.165) is 11.7 Å². The fourth-order valence-electron chi connectivity index (χ4n) is 1.54. The molecule has 1 aromatic heterocycles. The van der Waals surface area contributed by atoms with Crippen molar-refractivity contribution < 1.29 is 0 Å². The number of hydrogen-bond acceptors (Lipinski definition) is 3. The largest absolute Gasteiger partial charge is 0.362 e. The van der Waals surface area contributed by atoms with E-state index in [4.69, 9.17) is 0 Å². The molecule has 0 aliphatic heterocycles. The monoisotopic (exact) mass is 232 g/mol. The lowest BCUT2D eigenvalue weighted by molar-refractivity contribution is 1.19. The molecule has 0 spiro atoms. The van der Waals surface area contributed by atoms with Crippen LogP contribution in [0.2, 0.25) is 0 Å². The molecule has 0 radical (unpaired) electrons. The molecule has 0 fully saturated rings. The number of nitrogens with one attached hydrogen (secondary N) is 1. The van der Waals surface area contributed by atoms with Gasteiger partial charge in [0.15, 0.2) is 5.13 Å². The Kier molecular flexibility index (Phi) is 3.25. The zero-order chi connectivity index (χ0) is 11.5. The van der Waals surface area contributed by atoms with E-state index >= 15 is 0 Å². The molecule has 84 valence electrons. The molecule has 0 atom stereocenters. The van der Waals surface area contributed by atoms with Gasteiger partial charge in [-0.3, -0.25) is 0 Å². The van der Waals surface area contributed by atoms with Crippen LogP contribution < -0.4 is 5.32 Å². The van der Waals surface area contributed by atoms with Gasteiger partial charge < -0.3 is 5.32 Å². The van der Waals surface area contributed by atoms with Crippen LogP contribution in [0, 0.1) is 13.8 Å². The predicted octanol–water partition coefficient (Wildman–Crippen LogP) is 3.86. The molecule has 0 aliphatic carbocycles. The van der Waals surface area contributed by atoms with E-state index in [1.165, 1.54) is 21.6 Å². The minimum atomic E-state index is 0.917. The van der Waals surface area contributed by atoms with Gasteiger partial charge in [0.2, 0.25) is 0 Å². The Balaban J connectivity index is 2.31. The van der Waals surface area contributed by atoms with Crippen molar-refractivity contribution in [2.24, 2.45) is 0 Å². The van der Waals surface area contributed by atoms with Crippen molar-refractivity contribution >= 4 is 16.5 Å². The molecule has 0 bridgehead atoms. The van der Waals surface area contributed by atoms with E-state index in [9.17, 15) is 0 Å². The number of aromatic nitrogens is 1. The third-order valence-electron chi connectivity index (χ3n) is 2.63. The third-order valence-corrected chi connectivity index (χ3v) is 3.63. The number of anilines is 1. The first-order valence-corrected chi connectivity index (χ1v) is 6.29. The van der Waals surface area contributed by atoms with Crippen LogP contribution in [0.5, 0.6) is 0 Å². The van der Waals surface area contributed by atoms with Gasteiger partial charge in [0.05, 0.1) is 4.88 Å². The topological polar surface area (TPSA) is 24.9 Å². The van der Waals surface area contributed by atoms with Crippen molar-refractivity contribution in [1.82, 2.24) is 4.98 Å². The van der Waals surface area contributed by atoms with Crippen molar-refractivity contribution in [3.63, 3.8) is 0 Å². The molecule has 1 heterocycles. The quantitative estimate of drug-likeness (QED) is 0.869. The van der Waals surface area contributed by atoms with Crippen LogP contribution in [0.25, 0.3) is 10.4 Å². The lowest BCUT2D eigenvalue weighted by Gasteiger charge is -2.02. The highest BCUT2D eigenvalue weighted by Gasteiger charge is 2.04. The van der Waals surface area contributed by atoms with Crippen molar-refractivity contribution in [3.8, 4) is 10.4 Å². The first-order valence-electron chi connectivity index (χ1n) is 5.48. The molecule has 3 heteroatoms. The van der Waals surface area contributed by atoms with Gasteiger partial charge >= 0.3 is 0 Å². The lowest BCUT2D eigenvalue weighted by Crippen LogP contribution is -1.94. The summed E-state index contributed by atoms with van der Waals surface area (Å²) >= 11 is 1.70. The first-order chi connectivity index (χ1) is 7.70. The summed E-state index contributed by atoms with van der Waals surface area (Å²) in [5.74, 6) is 0. The normalized spacial score (nSPS) is 10.4. The fraction of sp³-hybridized carbons (Fsp3) is 0.308. The summed E-state index contributed by atoms with van der Waals surface area (Å²) in [6.07, 6.45) is 1.94. The summed E-state index contributed by atoms with van der Waals surface area (Å²) in [7, 11) is 0. The summed E-state index contributed by atoms with van der Waals surface area (Å²) in [6, 6.07) is 6.54. The van der Waals surface area contributed by atoms with E-state index in [2.05, 4.69) is 49.3 Å². The number of rotatable bonds is 3. The summed E-state index contributed by atoms with van der Waals surface area (Å²) in [5.41, 5.74) is 3.92. The smallest absolute Gasteiger partial charge is 0.183 e. The van der Waals surface area contributed by atoms with E-state index in [1.807, 2.05) is 6.20 Å². The molecule has 0 saturated carbocycles. The minimum Gasteiger partial charge on any atom is -0.362 e. The van der Waals surface area contributed by atoms with Crippen molar-refractivity contribution in [1.29, 1.82) is 0 Å². The van der Waals surface area contributed by atoms with Crippen LogP contribution >= 0.6 is 11.3 Å². The number of thiazole rings is 1. The Hall–Kier alpha value is -1.35. The molecule has 2 aromatic rings. The highest BCUT2D eigenvalue weighted by Crippen LogP contribution is 2.29. The van der Waals surface area contributed by atoms with Gasteiger partial charge in [-0.05, 0) is 37.5 Å². The molecule has 1 N–H and O–H groups in total. The molecule has 0 saturated heterocycles. The zero-order valence-electron chi connectivity index (χ0n) is 9.87. The van der Waals surface area contributed by atoms with Crippen LogP contribution in [0.1, 0.15) is 18.1 Å². The molecule has 0 aliphatic rings. The van der Waals surface area contributed by atoms with Gasteiger partial charge in [-0.25, -0.2) is 4.98 Å². The van der Waals surface area contributed by atoms with Gasteiger partial charge in [0.25, 0.3) is 0 Å². The van der Waals surface area contributed by atoms with Gasteiger partial charge in [-0.15, -0.1) is 0 Å². The first kappa shape index (κ1) is 11.1. The SMILES string of the molecule is CCNc1ncc(-c2ccc(C)c(C)c2)s1. The molecule has 2 nitrogen and oxygen atoms in total. The molecule has 0 unspecified atom stereocenters. The highest BCUT2D eigenvalue weighted by atomic mass is 32.1. The fourth-order valence-corrected chi connectivity index (χ4v) is 2.42. The number of hydrogen-bond donors (Lipinski definition) is 1. The minimum absolute atomic E-state index is 0.917. The second kappa shape index (κ2) is 4.66. The van der Waals surface area contributed by atoms with Crippen molar-refractivity contribution in [2.75, 3.05) is 11.9 Å². The molecule has 0 amide bonds. The number of nitrogens with zero attached hydrogens (tertiary/aromatic N) is 1. The average molecular weight is 232 g/mol. The molecular weight excluding hydrogens is 216 g/mol. The van der Waals surface area contributed by atoms with E-state index < -0.39 is 0 Å². The van der Waals surface area contributed by atoms with Gasteiger partial charge in [0, 0.05) is 12.7 Å². The van der Waals surface area contributed by atoms with Crippen LogP contribution in [0.3, 0.4) is 0 Å².